The van der Waals surface area contributed by atoms with Gasteiger partial charge in [-0.2, -0.15) is 5.26 Å². The van der Waals surface area contributed by atoms with Gasteiger partial charge >= 0.3 is 5.97 Å². The molecule has 0 aliphatic carbocycles. The highest BCUT2D eigenvalue weighted by atomic mass is 16.5. The van der Waals surface area contributed by atoms with Crippen molar-refractivity contribution in [1.29, 1.82) is 5.26 Å². The Morgan fingerprint density at radius 1 is 1.11 bits per heavy atom. The zero-order chi connectivity index (χ0) is 24.4. The lowest BCUT2D eigenvalue weighted by atomic mass is 9.97. The summed E-state index contributed by atoms with van der Waals surface area (Å²) in [6.07, 6.45) is 1.03. The molecule has 0 saturated carbocycles. The van der Waals surface area contributed by atoms with Gasteiger partial charge in [0, 0.05) is 41.0 Å². The van der Waals surface area contributed by atoms with Crippen LogP contribution in [-0.2, 0) is 4.79 Å². The van der Waals surface area contributed by atoms with E-state index < -0.39 is 5.97 Å². The predicted molar refractivity (Wildman–Crippen MR) is 134 cm³/mol. The molecule has 0 bridgehead atoms. The summed E-state index contributed by atoms with van der Waals surface area (Å²) in [4.78, 5) is 13.3. The van der Waals surface area contributed by atoms with Gasteiger partial charge in [0.1, 0.15) is 18.1 Å². The second-order valence-electron chi connectivity index (χ2n) is 8.87. The molecule has 0 radical (unpaired) electrons. The molecule has 3 aromatic carbocycles. The first-order valence-corrected chi connectivity index (χ1v) is 11.9. The van der Waals surface area contributed by atoms with Gasteiger partial charge in [-0.3, -0.25) is 4.79 Å². The fourth-order valence-electron chi connectivity index (χ4n) is 4.84. The first kappa shape index (κ1) is 22.6. The van der Waals surface area contributed by atoms with E-state index in [-0.39, 0.29) is 18.4 Å². The van der Waals surface area contributed by atoms with Crippen LogP contribution in [0.2, 0.25) is 0 Å². The van der Waals surface area contributed by atoms with Crippen LogP contribution < -0.4 is 19.7 Å². The molecule has 2 atom stereocenters. The first-order chi connectivity index (χ1) is 17.1. The second kappa shape index (κ2) is 9.59. The van der Waals surface area contributed by atoms with E-state index in [0.717, 1.165) is 52.7 Å². The summed E-state index contributed by atoms with van der Waals surface area (Å²) in [5.74, 6) is 0.675. The third-order valence-electron chi connectivity index (χ3n) is 6.50. The molecule has 0 saturated heterocycles. The molecule has 0 aromatic heterocycles. The molecule has 2 heterocycles. The third kappa shape index (κ3) is 4.47. The maximum absolute atomic E-state index is 11.1. The van der Waals surface area contributed by atoms with Crippen LogP contribution in [0.25, 0.3) is 0 Å². The number of nitrogens with zero attached hydrogens (tertiary/aromatic N) is 2. The number of para-hydroxylation sites is 1. The van der Waals surface area contributed by atoms with Gasteiger partial charge in [0.15, 0.2) is 0 Å². The van der Waals surface area contributed by atoms with E-state index in [2.05, 4.69) is 35.3 Å². The number of carboxylic acid groups (broad SMARTS) is 1. The van der Waals surface area contributed by atoms with E-state index in [1.54, 1.807) is 0 Å². The van der Waals surface area contributed by atoms with Crippen molar-refractivity contribution >= 4 is 23.0 Å². The number of aliphatic carboxylic acids is 1. The highest BCUT2D eigenvalue weighted by molar-refractivity contribution is 5.73. The smallest absolute Gasteiger partial charge is 0.304 e. The molecule has 2 aliphatic heterocycles. The minimum atomic E-state index is -0.817. The highest BCUT2D eigenvalue weighted by Crippen LogP contribution is 2.45. The monoisotopic (exact) mass is 469 g/mol. The molecule has 2 N–H and O–H groups in total. The quantitative estimate of drug-likeness (QED) is 0.443. The number of ether oxygens (including phenoxy) is 2. The molecule has 2 aliphatic rings. The summed E-state index contributed by atoms with van der Waals surface area (Å²) in [5.41, 5.74) is 5.60. The van der Waals surface area contributed by atoms with Crippen LogP contribution in [0.4, 0.5) is 17.1 Å². The van der Waals surface area contributed by atoms with Gasteiger partial charge in [-0.25, -0.2) is 0 Å². The molecular formula is C28H27N3O4. The number of hydrogen-bond donors (Lipinski definition) is 2. The van der Waals surface area contributed by atoms with Crippen LogP contribution in [0.5, 0.6) is 11.5 Å². The molecule has 35 heavy (non-hydrogen) atoms. The van der Waals surface area contributed by atoms with Gasteiger partial charge in [-0.1, -0.05) is 25.1 Å². The Kier molecular flexibility index (Phi) is 6.19. The fourth-order valence-corrected chi connectivity index (χ4v) is 4.84. The Labute approximate surface area is 204 Å². The van der Waals surface area contributed by atoms with E-state index in [1.807, 2.05) is 48.5 Å². The molecular weight excluding hydrogens is 442 g/mol. The number of benzene rings is 3. The van der Waals surface area contributed by atoms with Crippen molar-refractivity contribution in [1.82, 2.24) is 0 Å². The second-order valence-corrected chi connectivity index (χ2v) is 8.87. The first-order valence-electron chi connectivity index (χ1n) is 11.9. The number of fused-ring (bicyclic) bond motifs is 2. The van der Waals surface area contributed by atoms with Gasteiger partial charge in [0.2, 0.25) is 0 Å². The zero-order valence-electron chi connectivity index (χ0n) is 19.5. The molecule has 0 spiro atoms. The molecule has 0 amide bonds. The summed E-state index contributed by atoms with van der Waals surface area (Å²) in [5, 5.41) is 21.8. The minimum Gasteiger partial charge on any atom is -0.493 e. The van der Waals surface area contributed by atoms with E-state index in [4.69, 9.17) is 19.8 Å². The zero-order valence-corrected chi connectivity index (χ0v) is 19.5. The maximum Gasteiger partial charge on any atom is 0.304 e. The lowest BCUT2D eigenvalue weighted by Gasteiger charge is -2.26. The van der Waals surface area contributed by atoms with Crippen LogP contribution in [0.3, 0.4) is 0 Å². The van der Waals surface area contributed by atoms with Crippen LogP contribution in [0.15, 0.2) is 60.7 Å². The van der Waals surface area contributed by atoms with Crippen LogP contribution in [-0.4, -0.2) is 30.8 Å². The Bertz CT molecular complexity index is 1280. The summed E-state index contributed by atoms with van der Waals surface area (Å²) >= 11 is 0. The van der Waals surface area contributed by atoms with Crippen LogP contribution >= 0.6 is 0 Å². The highest BCUT2D eigenvalue weighted by Gasteiger charge is 2.30. The normalized spacial score (nSPS) is 17.5. The Balaban J connectivity index is 1.39. The average Bonchev–Trinajstić information content (AvgIpc) is 3.46. The average molecular weight is 470 g/mol. The van der Waals surface area contributed by atoms with E-state index in [0.29, 0.717) is 18.8 Å². The number of carbonyl (C=O) groups is 1. The lowest BCUT2D eigenvalue weighted by Crippen LogP contribution is -2.18. The number of anilines is 3. The molecule has 7 heteroatoms. The van der Waals surface area contributed by atoms with Crippen molar-refractivity contribution in [3.05, 3.63) is 77.4 Å². The van der Waals surface area contributed by atoms with Crippen molar-refractivity contribution in [2.24, 2.45) is 0 Å². The van der Waals surface area contributed by atoms with Gasteiger partial charge in [0.25, 0.3) is 0 Å². The van der Waals surface area contributed by atoms with Gasteiger partial charge in [-0.05, 0) is 42.8 Å². The predicted octanol–water partition coefficient (Wildman–Crippen LogP) is 5.60. The number of nitrogens with one attached hydrogen (secondary N) is 1. The Hall–Kier alpha value is -4.18. The lowest BCUT2D eigenvalue weighted by molar-refractivity contribution is -0.137. The number of hydrogen-bond acceptors (Lipinski definition) is 6. The van der Waals surface area contributed by atoms with Gasteiger partial charge in [0.05, 0.1) is 36.4 Å². The van der Waals surface area contributed by atoms with Crippen molar-refractivity contribution in [3.63, 3.8) is 0 Å². The van der Waals surface area contributed by atoms with Crippen molar-refractivity contribution in [3.8, 4) is 17.6 Å². The molecule has 0 unspecified atom stereocenters. The molecule has 3 aromatic rings. The van der Waals surface area contributed by atoms with E-state index in [1.165, 1.54) is 0 Å². The summed E-state index contributed by atoms with van der Waals surface area (Å²) < 4.78 is 12.0. The third-order valence-corrected chi connectivity index (χ3v) is 6.50. The maximum atomic E-state index is 11.1. The van der Waals surface area contributed by atoms with Crippen LogP contribution in [0.1, 0.15) is 48.4 Å². The topological polar surface area (TPSA) is 94.8 Å². The minimum absolute atomic E-state index is 0.0244. The van der Waals surface area contributed by atoms with Gasteiger partial charge in [-0.15, -0.1) is 0 Å². The summed E-state index contributed by atoms with van der Waals surface area (Å²) in [6, 6.07) is 21.8. The largest absolute Gasteiger partial charge is 0.493 e. The van der Waals surface area contributed by atoms with E-state index >= 15 is 0 Å². The molecule has 0 fully saturated rings. The summed E-state index contributed by atoms with van der Waals surface area (Å²) in [6.45, 7) is 3.86. The van der Waals surface area contributed by atoms with Crippen molar-refractivity contribution in [2.75, 3.05) is 30.0 Å². The standard InChI is InChI=1S/C28H27N3O4/c1-2-12-31(21-9-6-18(15-29)7-10-21)25-5-3-4-23-24(17-35-28(23)25)30-20-8-11-22-19(13-27(32)33)16-34-26(22)14-20/h3-11,14,19,24,30H,2,12-13,16-17H2,1H3,(H,32,33)/t19-,24-/m1/s1. The molecule has 5 rings (SSSR count). The molecule has 178 valence electrons. The summed E-state index contributed by atoms with van der Waals surface area (Å²) in [7, 11) is 0. The van der Waals surface area contributed by atoms with E-state index in [9.17, 15) is 4.79 Å². The van der Waals surface area contributed by atoms with Crippen LogP contribution in [0, 0.1) is 11.3 Å². The molecule has 7 nitrogen and oxygen atoms in total. The van der Waals surface area contributed by atoms with Gasteiger partial charge < -0.3 is 24.8 Å². The fraction of sp³-hybridized carbons (Fsp3) is 0.286. The van der Waals surface area contributed by atoms with Crippen molar-refractivity contribution < 1.29 is 19.4 Å². The number of nitriles is 1. The van der Waals surface area contributed by atoms with Crippen molar-refractivity contribution in [2.45, 2.75) is 31.7 Å². The number of carboxylic acids is 1. The number of rotatable bonds is 8. The SMILES string of the molecule is CCCN(c1ccc(C#N)cc1)c1cccc2c1OC[C@H]2Nc1ccc2c(c1)OC[C@H]2CC(=O)O. The Morgan fingerprint density at radius 2 is 1.94 bits per heavy atom. The Morgan fingerprint density at radius 3 is 2.69 bits per heavy atom.